The predicted molar refractivity (Wildman–Crippen MR) is 122 cm³/mol. The van der Waals surface area contributed by atoms with Gasteiger partial charge >= 0.3 is 0 Å². The van der Waals surface area contributed by atoms with Crippen LogP contribution in [0.4, 0.5) is 11.4 Å². The number of carbonyl (C=O) groups is 2. The largest absolute Gasteiger partial charge is 0.457 e. The minimum Gasteiger partial charge on any atom is -0.457 e. The fourth-order valence-corrected chi connectivity index (χ4v) is 3.13. The van der Waals surface area contributed by atoms with Gasteiger partial charge in [-0.3, -0.25) is 9.59 Å². The third-order valence-electron chi connectivity index (χ3n) is 4.79. The summed E-state index contributed by atoms with van der Waals surface area (Å²) in [5, 5.41) is 0. The Labute approximate surface area is 179 Å². The molecule has 0 spiro atoms. The van der Waals surface area contributed by atoms with Crippen LogP contribution >= 0.6 is 0 Å². The van der Waals surface area contributed by atoms with E-state index in [1.807, 2.05) is 0 Å². The number of nitrogens with two attached hydrogens (primary N) is 2. The molecule has 4 rings (SSSR count). The molecule has 0 amide bonds. The number of rotatable bonds is 6. The van der Waals surface area contributed by atoms with Crippen LogP contribution in [-0.4, -0.2) is 11.6 Å². The molecule has 0 aliphatic rings. The molecule has 0 heterocycles. The van der Waals surface area contributed by atoms with E-state index in [-0.39, 0.29) is 11.6 Å². The SMILES string of the molecule is Nc1ccc(C(=O)c2ccc(Oc3ccc(C(=O)c4cccc(N)c4)cc3)cc2)cc1. The number of hydrogen-bond acceptors (Lipinski definition) is 5. The Morgan fingerprint density at radius 2 is 0.968 bits per heavy atom. The maximum absolute atomic E-state index is 12.6. The first-order valence-corrected chi connectivity index (χ1v) is 9.68. The first-order valence-electron chi connectivity index (χ1n) is 9.68. The van der Waals surface area contributed by atoms with E-state index >= 15 is 0 Å². The zero-order chi connectivity index (χ0) is 21.8. The van der Waals surface area contributed by atoms with E-state index in [1.165, 1.54) is 0 Å². The number of benzene rings is 4. The first-order chi connectivity index (χ1) is 15.0. The van der Waals surface area contributed by atoms with Crippen LogP contribution in [0, 0.1) is 0 Å². The van der Waals surface area contributed by atoms with E-state index in [9.17, 15) is 9.59 Å². The summed E-state index contributed by atoms with van der Waals surface area (Å²) in [5.74, 6) is 0.978. The van der Waals surface area contributed by atoms with Crippen molar-refractivity contribution in [2.24, 2.45) is 0 Å². The van der Waals surface area contributed by atoms with Crippen molar-refractivity contribution in [3.05, 3.63) is 119 Å². The summed E-state index contributed by atoms with van der Waals surface area (Å²) in [5.41, 5.74) is 14.8. The monoisotopic (exact) mass is 408 g/mol. The van der Waals surface area contributed by atoms with E-state index < -0.39 is 0 Å². The van der Waals surface area contributed by atoms with Crippen LogP contribution in [0.2, 0.25) is 0 Å². The fraction of sp³-hybridized carbons (Fsp3) is 0. The Kier molecular flexibility index (Phi) is 5.49. The van der Waals surface area contributed by atoms with E-state index in [4.69, 9.17) is 16.2 Å². The van der Waals surface area contributed by atoms with Crippen molar-refractivity contribution >= 4 is 22.9 Å². The molecule has 4 aromatic rings. The molecule has 152 valence electrons. The maximum Gasteiger partial charge on any atom is 0.193 e. The van der Waals surface area contributed by atoms with Crippen LogP contribution in [-0.2, 0) is 0 Å². The Morgan fingerprint density at radius 1 is 0.516 bits per heavy atom. The highest BCUT2D eigenvalue weighted by Crippen LogP contribution is 2.24. The summed E-state index contributed by atoms with van der Waals surface area (Å²) < 4.78 is 5.83. The van der Waals surface area contributed by atoms with Crippen LogP contribution in [0.15, 0.2) is 97.1 Å². The predicted octanol–water partition coefficient (Wildman–Crippen LogP) is 5.11. The highest BCUT2D eigenvalue weighted by molar-refractivity contribution is 6.10. The minimum absolute atomic E-state index is 0.0871. The number of hydrogen-bond donors (Lipinski definition) is 2. The third kappa shape index (κ3) is 4.62. The van der Waals surface area contributed by atoms with Gasteiger partial charge in [-0.1, -0.05) is 12.1 Å². The van der Waals surface area contributed by atoms with Crippen LogP contribution < -0.4 is 16.2 Å². The molecule has 0 bridgehead atoms. The molecule has 0 atom stereocenters. The van der Waals surface area contributed by atoms with Crippen molar-refractivity contribution in [3.8, 4) is 11.5 Å². The molecule has 5 heteroatoms. The lowest BCUT2D eigenvalue weighted by Gasteiger charge is -2.08. The van der Waals surface area contributed by atoms with Crippen LogP contribution in [0.1, 0.15) is 31.8 Å². The summed E-state index contributed by atoms with van der Waals surface area (Å²) >= 11 is 0. The van der Waals surface area contributed by atoms with Crippen molar-refractivity contribution < 1.29 is 14.3 Å². The van der Waals surface area contributed by atoms with Gasteiger partial charge in [-0.15, -0.1) is 0 Å². The average molecular weight is 408 g/mol. The molecule has 0 aliphatic carbocycles. The fourth-order valence-electron chi connectivity index (χ4n) is 3.13. The molecule has 0 saturated heterocycles. The van der Waals surface area contributed by atoms with Gasteiger partial charge in [0.25, 0.3) is 0 Å². The summed E-state index contributed by atoms with van der Waals surface area (Å²) in [4.78, 5) is 25.1. The second-order valence-corrected chi connectivity index (χ2v) is 7.06. The zero-order valence-corrected chi connectivity index (χ0v) is 16.6. The number of ether oxygens (including phenoxy) is 1. The number of ketones is 2. The highest BCUT2D eigenvalue weighted by atomic mass is 16.5. The second kappa shape index (κ2) is 8.55. The Morgan fingerprint density at radius 3 is 1.45 bits per heavy atom. The van der Waals surface area contributed by atoms with Gasteiger partial charge in [0.2, 0.25) is 0 Å². The van der Waals surface area contributed by atoms with Crippen molar-refractivity contribution in [1.82, 2.24) is 0 Å². The molecule has 0 aromatic heterocycles. The standard InChI is InChI=1S/C26H20N2O3/c27-21-10-4-17(5-11-21)25(29)18-6-12-23(13-7-18)31-24-14-8-19(9-15-24)26(30)20-2-1-3-22(28)16-20/h1-16H,27-28H2. The topological polar surface area (TPSA) is 95.4 Å². The lowest BCUT2D eigenvalue weighted by atomic mass is 10.0. The van der Waals surface area contributed by atoms with E-state index in [1.54, 1.807) is 97.1 Å². The van der Waals surface area contributed by atoms with Crippen molar-refractivity contribution in [2.75, 3.05) is 11.5 Å². The molecule has 4 aromatic carbocycles. The van der Waals surface area contributed by atoms with E-state index in [2.05, 4.69) is 0 Å². The Balaban J connectivity index is 1.44. The summed E-state index contributed by atoms with van der Waals surface area (Å²) in [7, 11) is 0. The summed E-state index contributed by atoms with van der Waals surface area (Å²) in [6, 6.07) is 27.4. The minimum atomic E-state index is -0.107. The van der Waals surface area contributed by atoms with E-state index in [0.717, 1.165) is 0 Å². The van der Waals surface area contributed by atoms with Crippen molar-refractivity contribution in [2.45, 2.75) is 0 Å². The van der Waals surface area contributed by atoms with Crippen LogP contribution in [0.25, 0.3) is 0 Å². The van der Waals surface area contributed by atoms with Crippen molar-refractivity contribution in [1.29, 1.82) is 0 Å². The zero-order valence-electron chi connectivity index (χ0n) is 16.6. The van der Waals surface area contributed by atoms with Crippen LogP contribution in [0.5, 0.6) is 11.5 Å². The molecule has 5 nitrogen and oxygen atoms in total. The quantitative estimate of drug-likeness (QED) is 0.342. The molecular formula is C26H20N2O3. The van der Waals surface area contributed by atoms with E-state index in [0.29, 0.717) is 45.1 Å². The highest BCUT2D eigenvalue weighted by Gasteiger charge is 2.11. The number of carbonyl (C=O) groups excluding carboxylic acids is 2. The van der Waals surface area contributed by atoms with Gasteiger partial charge in [-0.05, 0) is 84.9 Å². The molecular weight excluding hydrogens is 388 g/mol. The third-order valence-corrected chi connectivity index (χ3v) is 4.79. The van der Waals surface area contributed by atoms with Gasteiger partial charge in [0.15, 0.2) is 11.6 Å². The lowest BCUT2D eigenvalue weighted by Crippen LogP contribution is -2.02. The second-order valence-electron chi connectivity index (χ2n) is 7.06. The molecule has 31 heavy (non-hydrogen) atoms. The molecule has 0 fully saturated rings. The smallest absolute Gasteiger partial charge is 0.193 e. The van der Waals surface area contributed by atoms with Gasteiger partial charge in [0.05, 0.1) is 0 Å². The first kappa shape index (κ1) is 19.9. The van der Waals surface area contributed by atoms with Gasteiger partial charge in [0, 0.05) is 33.6 Å². The lowest BCUT2D eigenvalue weighted by molar-refractivity contribution is 0.103. The van der Waals surface area contributed by atoms with Gasteiger partial charge in [0.1, 0.15) is 11.5 Å². The number of nitrogen functional groups attached to an aromatic ring is 2. The molecule has 0 aliphatic heterocycles. The molecule has 0 radical (unpaired) electrons. The van der Waals surface area contributed by atoms with Gasteiger partial charge in [-0.25, -0.2) is 0 Å². The summed E-state index contributed by atoms with van der Waals surface area (Å²) in [6.45, 7) is 0. The average Bonchev–Trinajstić information content (AvgIpc) is 2.80. The normalized spacial score (nSPS) is 10.5. The molecule has 0 saturated carbocycles. The molecule has 0 unspecified atom stereocenters. The van der Waals surface area contributed by atoms with Gasteiger partial charge < -0.3 is 16.2 Å². The van der Waals surface area contributed by atoms with Crippen molar-refractivity contribution in [3.63, 3.8) is 0 Å². The number of anilines is 2. The maximum atomic E-state index is 12.6. The summed E-state index contributed by atoms with van der Waals surface area (Å²) in [6.07, 6.45) is 0. The Hall–Kier alpha value is -4.38. The molecule has 4 N–H and O–H groups in total. The Bertz CT molecular complexity index is 1230. The van der Waals surface area contributed by atoms with Crippen LogP contribution in [0.3, 0.4) is 0 Å². The van der Waals surface area contributed by atoms with Gasteiger partial charge in [-0.2, -0.15) is 0 Å².